The fourth-order valence-corrected chi connectivity index (χ4v) is 3.83. The SMILES string of the molecule is O=C1c2ccccc2C(=O)c2c1[nH]c(-c1ccccc1)c2C(=O)c1ccccc1. The molecule has 0 atom stereocenters. The number of carbonyl (C=O) groups excluding carboxylic acids is 3. The number of hydrogen-bond acceptors (Lipinski definition) is 3. The average molecular weight is 377 g/mol. The van der Waals surface area contributed by atoms with E-state index in [1.165, 1.54) is 0 Å². The lowest BCUT2D eigenvalue weighted by Gasteiger charge is -2.15. The molecule has 1 aliphatic rings. The van der Waals surface area contributed by atoms with Gasteiger partial charge in [-0.15, -0.1) is 0 Å². The van der Waals surface area contributed by atoms with Crippen LogP contribution in [0, 0.1) is 0 Å². The molecule has 0 bridgehead atoms. The van der Waals surface area contributed by atoms with Crippen LogP contribution in [0.25, 0.3) is 11.3 Å². The highest BCUT2D eigenvalue weighted by molar-refractivity contribution is 6.32. The van der Waals surface area contributed by atoms with Crippen molar-refractivity contribution in [2.75, 3.05) is 0 Å². The third-order valence-corrected chi connectivity index (χ3v) is 5.20. The second-order valence-corrected chi connectivity index (χ2v) is 6.89. The van der Waals surface area contributed by atoms with Crippen LogP contribution >= 0.6 is 0 Å². The van der Waals surface area contributed by atoms with Crippen molar-refractivity contribution in [3.8, 4) is 11.3 Å². The number of ketones is 3. The van der Waals surface area contributed by atoms with Crippen molar-refractivity contribution in [3.63, 3.8) is 0 Å². The molecule has 0 aliphatic heterocycles. The Morgan fingerprint density at radius 1 is 0.621 bits per heavy atom. The molecule has 3 aromatic carbocycles. The first-order valence-electron chi connectivity index (χ1n) is 9.26. The Kier molecular flexibility index (Phi) is 3.85. The first-order chi connectivity index (χ1) is 14.2. The standard InChI is InChI=1S/C25H15NO3/c27-23(16-11-5-2-6-12-16)19-20-22(26-21(19)15-9-3-1-4-10-15)25(29)18-14-8-7-13-17(18)24(20)28/h1-14,26H. The normalized spacial score (nSPS) is 12.4. The van der Waals surface area contributed by atoms with Gasteiger partial charge >= 0.3 is 0 Å². The number of H-pyrrole nitrogens is 1. The van der Waals surface area contributed by atoms with E-state index < -0.39 is 0 Å². The molecule has 1 aromatic heterocycles. The summed E-state index contributed by atoms with van der Waals surface area (Å²) >= 11 is 0. The fourth-order valence-electron chi connectivity index (χ4n) is 3.83. The summed E-state index contributed by atoms with van der Waals surface area (Å²) in [7, 11) is 0. The van der Waals surface area contributed by atoms with E-state index in [-0.39, 0.29) is 34.2 Å². The van der Waals surface area contributed by atoms with Gasteiger partial charge in [-0.2, -0.15) is 0 Å². The van der Waals surface area contributed by atoms with E-state index in [1.807, 2.05) is 36.4 Å². The number of hydrogen-bond donors (Lipinski definition) is 1. The Labute approximate surface area is 166 Å². The highest BCUT2D eigenvalue weighted by Gasteiger charge is 2.37. The molecule has 1 heterocycles. The maximum absolute atomic E-state index is 13.5. The van der Waals surface area contributed by atoms with Crippen LogP contribution in [0.3, 0.4) is 0 Å². The Morgan fingerprint density at radius 2 is 1.17 bits per heavy atom. The second-order valence-electron chi connectivity index (χ2n) is 6.89. The maximum Gasteiger partial charge on any atom is 0.210 e. The third kappa shape index (κ3) is 2.57. The molecule has 0 spiro atoms. The van der Waals surface area contributed by atoms with E-state index in [4.69, 9.17) is 0 Å². The zero-order valence-corrected chi connectivity index (χ0v) is 15.3. The van der Waals surface area contributed by atoms with E-state index in [2.05, 4.69) is 4.98 Å². The van der Waals surface area contributed by atoms with Crippen LogP contribution in [0.5, 0.6) is 0 Å². The predicted octanol–water partition coefficient (Wildman–Crippen LogP) is 4.69. The Morgan fingerprint density at radius 3 is 1.83 bits per heavy atom. The van der Waals surface area contributed by atoms with Crippen molar-refractivity contribution in [2.45, 2.75) is 0 Å². The van der Waals surface area contributed by atoms with Gasteiger partial charge in [-0.3, -0.25) is 14.4 Å². The molecule has 4 nitrogen and oxygen atoms in total. The summed E-state index contributed by atoms with van der Waals surface area (Å²) in [4.78, 5) is 43.0. The summed E-state index contributed by atoms with van der Waals surface area (Å²) in [5.74, 6) is -0.880. The van der Waals surface area contributed by atoms with Gasteiger partial charge in [-0.1, -0.05) is 84.9 Å². The number of nitrogens with one attached hydrogen (secondary N) is 1. The first kappa shape index (κ1) is 17.1. The molecule has 0 saturated heterocycles. The lowest BCUT2D eigenvalue weighted by atomic mass is 9.84. The second kappa shape index (κ2) is 6.53. The summed E-state index contributed by atoms with van der Waals surface area (Å²) in [6.07, 6.45) is 0. The van der Waals surface area contributed by atoms with Crippen LogP contribution in [0.2, 0.25) is 0 Å². The average Bonchev–Trinajstić information content (AvgIpc) is 3.19. The van der Waals surface area contributed by atoms with Crippen LogP contribution in [-0.4, -0.2) is 22.3 Å². The first-order valence-corrected chi connectivity index (χ1v) is 9.26. The zero-order chi connectivity index (χ0) is 20.0. The van der Waals surface area contributed by atoms with Crippen LogP contribution in [0.15, 0.2) is 84.9 Å². The molecule has 0 amide bonds. The van der Waals surface area contributed by atoms with E-state index in [0.717, 1.165) is 5.56 Å². The predicted molar refractivity (Wildman–Crippen MR) is 109 cm³/mol. The monoisotopic (exact) mass is 377 g/mol. The van der Waals surface area contributed by atoms with Gasteiger partial charge in [0.1, 0.15) is 0 Å². The summed E-state index contributed by atoms with van der Waals surface area (Å²) in [5.41, 5.74) is 2.93. The van der Waals surface area contributed by atoms with Gasteiger partial charge in [-0.25, -0.2) is 0 Å². The highest BCUT2D eigenvalue weighted by Crippen LogP contribution is 2.36. The number of carbonyl (C=O) groups is 3. The van der Waals surface area contributed by atoms with Crippen molar-refractivity contribution < 1.29 is 14.4 Å². The van der Waals surface area contributed by atoms with Gasteiger partial charge in [0.2, 0.25) is 5.78 Å². The smallest absolute Gasteiger partial charge is 0.210 e. The number of aromatic amines is 1. The van der Waals surface area contributed by atoms with Gasteiger partial charge in [0, 0.05) is 16.7 Å². The van der Waals surface area contributed by atoms with Gasteiger partial charge in [0.05, 0.1) is 22.5 Å². The van der Waals surface area contributed by atoms with Gasteiger partial charge < -0.3 is 4.98 Å². The lowest BCUT2D eigenvalue weighted by Crippen LogP contribution is -2.22. The third-order valence-electron chi connectivity index (χ3n) is 5.20. The van der Waals surface area contributed by atoms with Crippen molar-refractivity contribution in [1.82, 2.24) is 4.98 Å². The van der Waals surface area contributed by atoms with Crippen LogP contribution in [0.4, 0.5) is 0 Å². The molecular weight excluding hydrogens is 362 g/mol. The van der Waals surface area contributed by atoms with E-state index in [9.17, 15) is 14.4 Å². The van der Waals surface area contributed by atoms with Gasteiger partial charge in [0.25, 0.3) is 0 Å². The topological polar surface area (TPSA) is 67.0 Å². The molecule has 4 heteroatoms. The minimum Gasteiger partial charge on any atom is -0.351 e. The molecule has 0 unspecified atom stereocenters. The molecule has 0 saturated carbocycles. The van der Waals surface area contributed by atoms with Crippen molar-refractivity contribution >= 4 is 17.3 Å². The van der Waals surface area contributed by atoms with Crippen LogP contribution in [0.1, 0.15) is 47.9 Å². The molecule has 29 heavy (non-hydrogen) atoms. The van der Waals surface area contributed by atoms with Crippen molar-refractivity contribution in [1.29, 1.82) is 0 Å². The minimum atomic E-state index is -0.312. The molecule has 0 fully saturated rings. The Balaban J connectivity index is 1.82. The van der Waals surface area contributed by atoms with Gasteiger partial charge in [-0.05, 0) is 5.56 Å². The minimum absolute atomic E-state index is 0.154. The molecule has 4 aromatic rings. The Hall–Kier alpha value is -4.05. The fraction of sp³-hybridized carbons (Fsp3) is 0. The van der Waals surface area contributed by atoms with E-state index in [0.29, 0.717) is 22.4 Å². The summed E-state index contributed by atoms with van der Waals surface area (Å²) in [6.45, 7) is 0. The molecule has 0 radical (unpaired) electrons. The van der Waals surface area contributed by atoms with E-state index >= 15 is 0 Å². The summed E-state index contributed by atoms with van der Waals surface area (Å²) in [5, 5.41) is 0. The molecule has 138 valence electrons. The molecule has 1 aliphatic carbocycles. The van der Waals surface area contributed by atoms with E-state index in [1.54, 1.807) is 48.5 Å². The number of rotatable bonds is 3. The zero-order valence-electron chi connectivity index (χ0n) is 15.3. The van der Waals surface area contributed by atoms with Crippen molar-refractivity contribution in [2.24, 2.45) is 0 Å². The molecular formula is C25H15NO3. The summed E-state index contributed by atoms with van der Waals surface area (Å²) in [6, 6.07) is 24.8. The highest BCUT2D eigenvalue weighted by atomic mass is 16.1. The van der Waals surface area contributed by atoms with Crippen LogP contribution < -0.4 is 0 Å². The largest absolute Gasteiger partial charge is 0.351 e. The molecule has 1 N–H and O–H groups in total. The number of fused-ring (bicyclic) bond motifs is 2. The van der Waals surface area contributed by atoms with Crippen molar-refractivity contribution in [3.05, 3.63) is 118 Å². The maximum atomic E-state index is 13.5. The Bertz CT molecular complexity index is 1280. The molecule has 5 rings (SSSR count). The quantitative estimate of drug-likeness (QED) is 0.464. The number of aromatic nitrogens is 1. The summed E-state index contributed by atoms with van der Waals surface area (Å²) < 4.78 is 0. The lowest BCUT2D eigenvalue weighted by molar-refractivity contribution is 0.0971. The van der Waals surface area contributed by atoms with Crippen LogP contribution in [-0.2, 0) is 0 Å². The van der Waals surface area contributed by atoms with Gasteiger partial charge in [0.15, 0.2) is 11.6 Å². The number of benzene rings is 3.